The first-order chi connectivity index (χ1) is 11.8. The summed E-state index contributed by atoms with van der Waals surface area (Å²) in [7, 11) is 1.63. The number of benzene rings is 1. The van der Waals surface area contributed by atoms with E-state index in [1.54, 1.807) is 13.3 Å². The van der Waals surface area contributed by atoms with Crippen molar-refractivity contribution in [2.45, 2.75) is 0 Å². The van der Waals surface area contributed by atoms with Crippen LogP contribution in [0.15, 0.2) is 30.5 Å². The van der Waals surface area contributed by atoms with Crippen molar-refractivity contribution in [2.24, 2.45) is 0 Å². The van der Waals surface area contributed by atoms with E-state index in [1.165, 1.54) is 0 Å². The summed E-state index contributed by atoms with van der Waals surface area (Å²) in [5, 5.41) is 13.2. The van der Waals surface area contributed by atoms with Crippen molar-refractivity contribution in [3.63, 3.8) is 0 Å². The van der Waals surface area contributed by atoms with E-state index in [9.17, 15) is 4.79 Å². The van der Waals surface area contributed by atoms with Crippen LogP contribution in [0.3, 0.4) is 0 Å². The number of H-pyrrole nitrogens is 1. The molecule has 0 aliphatic carbocycles. The van der Waals surface area contributed by atoms with Crippen molar-refractivity contribution in [1.29, 1.82) is 0 Å². The smallest absolute Gasteiger partial charge is 0.255 e. The zero-order valence-corrected chi connectivity index (χ0v) is 13.8. The lowest BCUT2D eigenvalue weighted by Gasteiger charge is -2.27. The fourth-order valence-electron chi connectivity index (χ4n) is 2.79. The quantitative estimate of drug-likeness (QED) is 0.727. The molecule has 1 aliphatic rings. The molecule has 0 atom stereocenters. The molecule has 1 aromatic heterocycles. The predicted molar refractivity (Wildman–Crippen MR) is 92.2 cm³/mol. The average Bonchev–Trinajstić information content (AvgIpc) is 3.12. The number of amides is 1. The van der Waals surface area contributed by atoms with Gasteiger partial charge in [-0.1, -0.05) is 0 Å². The molecule has 0 saturated carbocycles. The summed E-state index contributed by atoms with van der Waals surface area (Å²) in [6.45, 7) is 5.57. The fourth-order valence-corrected chi connectivity index (χ4v) is 2.79. The topological polar surface area (TPSA) is 82.3 Å². The Morgan fingerprint density at radius 3 is 2.75 bits per heavy atom. The van der Waals surface area contributed by atoms with Gasteiger partial charge in [-0.05, 0) is 24.3 Å². The third-order valence-electron chi connectivity index (χ3n) is 4.19. The second-order valence-corrected chi connectivity index (χ2v) is 5.73. The van der Waals surface area contributed by atoms with Gasteiger partial charge >= 0.3 is 0 Å². The lowest BCUT2D eigenvalue weighted by atomic mass is 10.1. The fraction of sp³-hybridized carbons (Fsp3) is 0.412. The molecule has 0 radical (unpaired) electrons. The highest BCUT2D eigenvalue weighted by molar-refractivity contribution is 5.99. The maximum Gasteiger partial charge on any atom is 0.255 e. The molecule has 1 fully saturated rings. The maximum absolute atomic E-state index is 12.4. The third kappa shape index (κ3) is 3.93. The van der Waals surface area contributed by atoms with Gasteiger partial charge in [-0.15, -0.1) is 0 Å². The molecule has 1 amide bonds. The standard InChI is InChI=1S/C17H23N5O2/c1-24-14-4-2-13(3-5-14)16-15(12-20-21-16)17(23)19-8-11-22-9-6-18-7-10-22/h2-5,12,18H,6-11H2,1H3,(H,19,23)(H,20,21). The van der Waals surface area contributed by atoms with Crippen LogP contribution in [0.4, 0.5) is 0 Å². The van der Waals surface area contributed by atoms with Crippen LogP contribution in [0.1, 0.15) is 10.4 Å². The number of nitrogens with zero attached hydrogens (tertiary/aromatic N) is 2. The molecular formula is C17H23N5O2. The van der Waals surface area contributed by atoms with E-state index >= 15 is 0 Å². The Balaban J connectivity index is 1.60. The molecule has 7 nitrogen and oxygen atoms in total. The number of aromatic nitrogens is 2. The number of hydrogen-bond acceptors (Lipinski definition) is 5. The van der Waals surface area contributed by atoms with Crippen LogP contribution in [0.25, 0.3) is 11.3 Å². The van der Waals surface area contributed by atoms with Crippen LogP contribution in [0, 0.1) is 0 Å². The molecule has 0 spiro atoms. The molecule has 128 valence electrons. The Bertz CT molecular complexity index is 662. The minimum atomic E-state index is -0.107. The summed E-state index contributed by atoms with van der Waals surface area (Å²) in [5.41, 5.74) is 2.18. The van der Waals surface area contributed by atoms with E-state index in [1.807, 2.05) is 24.3 Å². The van der Waals surface area contributed by atoms with Gasteiger partial charge in [0.15, 0.2) is 0 Å². The van der Waals surface area contributed by atoms with Crippen molar-refractivity contribution in [2.75, 3.05) is 46.4 Å². The molecule has 3 rings (SSSR count). The van der Waals surface area contributed by atoms with Crippen molar-refractivity contribution in [3.05, 3.63) is 36.0 Å². The van der Waals surface area contributed by atoms with Crippen LogP contribution >= 0.6 is 0 Å². The highest BCUT2D eigenvalue weighted by atomic mass is 16.5. The third-order valence-corrected chi connectivity index (χ3v) is 4.19. The minimum Gasteiger partial charge on any atom is -0.497 e. The molecule has 0 bridgehead atoms. The Morgan fingerprint density at radius 1 is 1.29 bits per heavy atom. The van der Waals surface area contributed by atoms with Crippen LogP contribution in [-0.4, -0.2) is 67.4 Å². The first-order valence-electron chi connectivity index (χ1n) is 8.17. The molecule has 1 aromatic carbocycles. The average molecular weight is 329 g/mol. The number of rotatable bonds is 6. The lowest BCUT2D eigenvalue weighted by Crippen LogP contribution is -2.46. The zero-order chi connectivity index (χ0) is 16.8. The van der Waals surface area contributed by atoms with Crippen molar-refractivity contribution >= 4 is 5.91 Å². The van der Waals surface area contributed by atoms with E-state index < -0.39 is 0 Å². The first kappa shape index (κ1) is 16.5. The predicted octanol–water partition coefficient (Wildman–Crippen LogP) is 0.720. The van der Waals surface area contributed by atoms with Crippen molar-refractivity contribution in [1.82, 2.24) is 25.7 Å². The Hall–Kier alpha value is -2.38. The molecule has 2 aromatic rings. The normalized spacial score (nSPS) is 15.2. The van der Waals surface area contributed by atoms with Gasteiger partial charge in [0.1, 0.15) is 5.75 Å². The summed E-state index contributed by atoms with van der Waals surface area (Å²) >= 11 is 0. The van der Waals surface area contributed by atoms with Gasteiger partial charge in [-0.25, -0.2) is 0 Å². The van der Waals surface area contributed by atoms with Crippen molar-refractivity contribution in [3.8, 4) is 17.0 Å². The van der Waals surface area contributed by atoms with Gasteiger partial charge in [-0.3, -0.25) is 14.8 Å². The number of hydrogen-bond donors (Lipinski definition) is 3. The van der Waals surface area contributed by atoms with E-state index in [-0.39, 0.29) is 5.91 Å². The van der Waals surface area contributed by atoms with E-state index in [0.29, 0.717) is 12.1 Å². The van der Waals surface area contributed by atoms with Gasteiger partial charge in [-0.2, -0.15) is 5.10 Å². The summed E-state index contributed by atoms with van der Waals surface area (Å²) in [5.74, 6) is 0.671. The molecule has 2 heterocycles. The molecule has 1 aliphatic heterocycles. The SMILES string of the molecule is COc1ccc(-c2[nH]ncc2C(=O)NCCN2CCNCC2)cc1. The molecule has 7 heteroatoms. The molecule has 0 unspecified atom stereocenters. The van der Waals surface area contributed by atoms with E-state index in [4.69, 9.17) is 4.74 Å². The van der Waals surface area contributed by atoms with Gasteiger partial charge in [0.25, 0.3) is 5.91 Å². The van der Waals surface area contributed by atoms with Gasteiger partial charge < -0.3 is 15.4 Å². The highest BCUT2D eigenvalue weighted by Gasteiger charge is 2.16. The van der Waals surface area contributed by atoms with E-state index in [0.717, 1.165) is 49.7 Å². The maximum atomic E-state index is 12.4. The van der Waals surface area contributed by atoms with Crippen LogP contribution < -0.4 is 15.4 Å². The van der Waals surface area contributed by atoms with Gasteiger partial charge in [0.2, 0.25) is 0 Å². The number of aromatic amines is 1. The summed E-state index contributed by atoms with van der Waals surface area (Å²) < 4.78 is 5.16. The highest BCUT2D eigenvalue weighted by Crippen LogP contribution is 2.23. The number of nitrogens with one attached hydrogen (secondary N) is 3. The Kier molecular flexibility index (Phi) is 5.45. The van der Waals surface area contributed by atoms with Crippen LogP contribution in [-0.2, 0) is 0 Å². The number of piperazine rings is 1. The summed E-state index contributed by atoms with van der Waals surface area (Å²) in [4.78, 5) is 14.8. The molecule has 3 N–H and O–H groups in total. The number of methoxy groups -OCH3 is 1. The molecule has 24 heavy (non-hydrogen) atoms. The Labute approximate surface area is 141 Å². The minimum absolute atomic E-state index is 0.107. The number of ether oxygens (including phenoxy) is 1. The second kappa shape index (κ2) is 7.94. The molecular weight excluding hydrogens is 306 g/mol. The van der Waals surface area contributed by atoms with Crippen LogP contribution in [0.5, 0.6) is 5.75 Å². The van der Waals surface area contributed by atoms with Gasteiger partial charge in [0.05, 0.1) is 24.6 Å². The lowest BCUT2D eigenvalue weighted by molar-refractivity contribution is 0.0948. The molecule has 1 saturated heterocycles. The first-order valence-corrected chi connectivity index (χ1v) is 8.17. The Morgan fingerprint density at radius 2 is 2.04 bits per heavy atom. The van der Waals surface area contributed by atoms with Crippen LogP contribution in [0.2, 0.25) is 0 Å². The number of carbonyl (C=O) groups excluding carboxylic acids is 1. The zero-order valence-electron chi connectivity index (χ0n) is 13.8. The second-order valence-electron chi connectivity index (χ2n) is 5.73. The van der Waals surface area contributed by atoms with Gasteiger partial charge in [0, 0.05) is 44.8 Å². The summed E-state index contributed by atoms with van der Waals surface area (Å²) in [6, 6.07) is 7.54. The largest absolute Gasteiger partial charge is 0.497 e. The monoisotopic (exact) mass is 329 g/mol. The summed E-state index contributed by atoms with van der Waals surface area (Å²) in [6.07, 6.45) is 1.57. The number of carbonyl (C=O) groups is 1. The van der Waals surface area contributed by atoms with E-state index in [2.05, 4.69) is 25.7 Å². The van der Waals surface area contributed by atoms with Crippen molar-refractivity contribution < 1.29 is 9.53 Å².